The normalized spacial score (nSPS) is 14.0. The summed E-state index contributed by atoms with van der Waals surface area (Å²) in [5, 5.41) is 0. The summed E-state index contributed by atoms with van der Waals surface area (Å²) in [7, 11) is -4.39. The van der Waals surface area contributed by atoms with Gasteiger partial charge in [0.2, 0.25) is 0 Å². The van der Waals surface area contributed by atoms with E-state index in [0.29, 0.717) is 6.42 Å². The van der Waals surface area contributed by atoms with Gasteiger partial charge in [-0.3, -0.25) is 18.6 Å². The lowest BCUT2D eigenvalue weighted by molar-refractivity contribution is -0.161. The number of rotatable bonds is 36. The van der Waals surface area contributed by atoms with E-state index in [2.05, 4.69) is 62.5 Å². The zero-order chi connectivity index (χ0) is 37.5. The molecule has 0 aromatic rings. The Morgan fingerprint density at radius 1 is 0.588 bits per heavy atom. The maximum atomic E-state index is 12.5. The van der Waals surface area contributed by atoms with Crippen LogP contribution in [0, 0.1) is 0 Å². The third-order valence-electron chi connectivity index (χ3n) is 7.92. The first kappa shape index (κ1) is 48.7. The number of ether oxygens (including phenoxy) is 2. The quantitative estimate of drug-likeness (QED) is 0.0279. The van der Waals surface area contributed by atoms with Crippen LogP contribution in [0.5, 0.6) is 0 Å². The van der Waals surface area contributed by atoms with Crippen molar-refractivity contribution in [3.05, 3.63) is 60.8 Å². The molecule has 0 amide bonds. The molecule has 0 aliphatic carbocycles. The van der Waals surface area contributed by atoms with Gasteiger partial charge in [-0.15, -0.1) is 0 Å². The van der Waals surface area contributed by atoms with Crippen LogP contribution in [0.2, 0.25) is 0 Å². The molecule has 1 unspecified atom stereocenters. The average Bonchev–Trinajstić information content (AvgIpc) is 3.11. The largest absolute Gasteiger partial charge is 0.472 e. The van der Waals surface area contributed by atoms with Crippen molar-refractivity contribution in [1.82, 2.24) is 0 Å². The number of phosphoric ester groups is 1. The number of hydrogen-bond acceptors (Lipinski definition) is 8. The molecule has 0 bridgehead atoms. The zero-order valence-electron chi connectivity index (χ0n) is 32.1. The van der Waals surface area contributed by atoms with Gasteiger partial charge >= 0.3 is 19.8 Å². The van der Waals surface area contributed by atoms with Crippen molar-refractivity contribution in [3.8, 4) is 0 Å². The van der Waals surface area contributed by atoms with Crippen molar-refractivity contribution in [2.45, 2.75) is 161 Å². The van der Waals surface area contributed by atoms with Crippen molar-refractivity contribution >= 4 is 19.8 Å². The summed E-state index contributed by atoms with van der Waals surface area (Å²) in [6, 6.07) is 0. The maximum absolute atomic E-state index is 12.5. The summed E-state index contributed by atoms with van der Waals surface area (Å²) in [5.74, 6) is -0.929. The highest BCUT2D eigenvalue weighted by atomic mass is 31.2. The molecule has 51 heavy (non-hydrogen) atoms. The Morgan fingerprint density at radius 2 is 1.06 bits per heavy atom. The third kappa shape index (κ3) is 37.3. The van der Waals surface area contributed by atoms with E-state index in [9.17, 15) is 19.0 Å². The second-order valence-electron chi connectivity index (χ2n) is 12.8. The third-order valence-corrected chi connectivity index (χ3v) is 8.90. The van der Waals surface area contributed by atoms with E-state index in [1.165, 1.54) is 77.0 Å². The minimum Gasteiger partial charge on any atom is -0.462 e. The summed E-state index contributed by atoms with van der Waals surface area (Å²) in [5.41, 5.74) is 5.33. The number of phosphoric acid groups is 1. The molecular weight excluding hydrogens is 665 g/mol. The van der Waals surface area contributed by atoms with Gasteiger partial charge in [0.15, 0.2) is 6.10 Å². The van der Waals surface area contributed by atoms with Crippen molar-refractivity contribution in [3.63, 3.8) is 0 Å². The minimum atomic E-state index is -4.39. The predicted octanol–water partition coefficient (Wildman–Crippen LogP) is 10.9. The molecule has 0 aromatic heterocycles. The molecule has 0 spiro atoms. The molecule has 0 fully saturated rings. The number of esters is 2. The number of carbonyl (C=O) groups is 2. The average molecular weight is 738 g/mol. The topological polar surface area (TPSA) is 134 Å². The molecule has 0 aliphatic heterocycles. The molecule has 9 nitrogen and oxygen atoms in total. The first-order valence-corrected chi connectivity index (χ1v) is 21.3. The predicted molar refractivity (Wildman–Crippen MR) is 210 cm³/mol. The van der Waals surface area contributed by atoms with E-state index >= 15 is 0 Å². The minimum absolute atomic E-state index is 0.0406. The first-order valence-electron chi connectivity index (χ1n) is 19.8. The molecule has 0 radical (unpaired) electrons. The number of carbonyl (C=O) groups excluding carboxylic acids is 2. The van der Waals surface area contributed by atoms with Gasteiger partial charge in [0.05, 0.1) is 13.2 Å². The fraction of sp³-hybridized carbons (Fsp3) is 0.707. The van der Waals surface area contributed by atoms with Crippen LogP contribution < -0.4 is 5.73 Å². The molecular formula is C41H72NO8P. The molecule has 2 atom stereocenters. The van der Waals surface area contributed by atoms with Crippen molar-refractivity contribution in [1.29, 1.82) is 0 Å². The van der Waals surface area contributed by atoms with E-state index in [4.69, 9.17) is 24.3 Å². The number of allylic oxidation sites excluding steroid dienone is 10. The smallest absolute Gasteiger partial charge is 0.462 e. The van der Waals surface area contributed by atoms with Crippen LogP contribution in [0.1, 0.15) is 155 Å². The Hall–Kier alpha value is -2.29. The SMILES string of the molecule is CCCCC/C=C/C/C=C/C/C=C/C/C=C/C/C=C/CCC(=O)O[C@H](COC(=O)CCCCCCCCCCCCC)COP(=O)(O)OCCN. The van der Waals surface area contributed by atoms with Crippen molar-refractivity contribution in [2.75, 3.05) is 26.4 Å². The Labute approximate surface area is 310 Å². The fourth-order valence-corrected chi connectivity index (χ4v) is 5.73. The Kier molecular flexibility index (Phi) is 35.8. The fourth-order valence-electron chi connectivity index (χ4n) is 4.97. The summed E-state index contributed by atoms with van der Waals surface area (Å²) in [6.45, 7) is 3.59. The zero-order valence-corrected chi connectivity index (χ0v) is 33.0. The van der Waals surface area contributed by atoms with Crippen LogP contribution in [0.25, 0.3) is 0 Å². The summed E-state index contributed by atoms with van der Waals surface area (Å²) < 4.78 is 32.6. The molecule has 0 saturated heterocycles. The van der Waals surface area contributed by atoms with E-state index in [1.807, 2.05) is 12.2 Å². The van der Waals surface area contributed by atoms with Gasteiger partial charge in [0.1, 0.15) is 6.61 Å². The Bertz CT molecular complexity index is 1020. The monoisotopic (exact) mass is 737 g/mol. The van der Waals surface area contributed by atoms with Crippen LogP contribution >= 0.6 is 7.82 Å². The highest BCUT2D eigenvalue weighted by molar-refractivity contribution is 7.47. The number of unbranched alkanes of at least 4 members (excludes halogenated alkanes) is 13. The molecule has 3 N–H and O–H groups in total. The highest BCUT2D eigenvalue weighted by Gasteiger charge is 2.25. The van der Waals surface area contributed by atoms with Gasteiger partial charge in [-0.05, 0) is 51.4 Å². The van der Waals surface area contributed by atoms with Crippen LogP contribution in [0.15, 0.2) is 60.8 Å². The molecule has 294 valence electrons. The Morgan fingerprint density at radius 3 is 1.59 bits per heavy atom. The lowest BCUT2D eigenvalue weighted by Gasteiger charge is -2.19. The van der Waals surface area contributed by atoms with Crippen molar-refractivity contribution < 1.29 is 37.6 Å². The standard InChI is InChI=1S/C41H72NO8P/c1-3-5-7-9-11-13-15-16-17-18-19-20-21-22-24-26-28-30-32-34-41(44)50-39(38-49-51(45,46)48-36-35-42)37-47-40(43)33-31-29-27-25-23-14-12-10-8-6-4-2/h11,13,16-17,19-20,22,24,28,30,39H,3-10,12,14-15,18,21,23,25-27,29,31-38,42H2,1-2H3,(H,45,46)/b13-11+,17-16+,20-19+,24-22+,30-28+/t39-/m1/s1. The Balaban J connectivity index is 4.35. The highest BCUT2D eigenvalue weighted by Crippen LogP contribution is 2.43. The first-order chi connectivity index (χ1) is 24.8. The summed E-state index contributed by atoms with van der Waals surface area (Å²) >= 11 is 0. The van der Waals surface area contributed by atoms with E-state index < -0.39 is 32.5 Å². The van der Waals surface area contributed by atoms with Gasteiger partial charge in [0, 0.05) is 19.4 Å². The van der Waals surface area contributed by atoms with Crippen molar-refractivity contribution in [2.24, 2.45) is 5.73 Å². The number of hydrogen-bond donors (Lipinski definition) is 2. The van der Waals surface area contributed by atoms with Crippen LogP contribution in [0.3, 0.4) is 0 Å². The van der Waals surface area contributed by atoms with E-state index in [1.54, 1.807) is 0 Å². The van der Waals surface area contributed by atoms with Gasteiger partial charge < -0.3 is 20.1 Å². The van der Waals surface area contributed by atoms with Crippen LogP contribution in [0.4, 0.5) is 0 Å². The lowest BCUT2D eigenvalue weighted by atomic mass is 10.1. The molecule has 10 heteroatoms. The maximum Gasteiger partial charge on any atom is 0.472 e. The molecule has 0 heterocycles. The van der Waals surface area contributed by atoms with E-state index in [0.717, 1.165) is 44.9 Å². The second kappa shape index (κ2) is 37.5. The molecule has 0 saturated carbocycles. The van der Waals surface area contributed by atoms with Crippen LogP contribution in [-0.2, 0) is 32.7 Å². The summed E-state index contributed by atoms with van der Waals surface area (Å²) in [6.07, 6.45) is 42.7. The van der Waals surface area contributed by atoms with Gasteiger partial charge in [-0.2, -0.15) is 0 Å². The van der Waals surface area contributed by atoms with E-state index in [-0.39, 0.29) is 32.6 Å². The van der Waals surface area contributed by atoms with Gasteiger partial charge in [0.25, 0.3) is 0 Å². The second-order valence-corrected chi connectivity index (χ2v) is 14.3. The number of nitrogens with two attached hydrogens (primary N) is 1. The lowest BCUT2D eigenvalue weighted by Crippen LogP contribution is -2.29. The summed E-state index contributed by atoms with van der Waals surface area (Å²) in [4.78, 5) is 34.7. The van der Waals surface area contributed by atoms with Gasteiger partial charge in [-0.25, -0.2) is 4.57 Å². The molecule has 0 aromatic carbocycles. The molecule has 0 aliphatic rings. The van der Waals surface area contributed by atoms with Crippen LogP contribution in [-0.4, -0.2) is 49.3 Å². The van der Waals surface area contributed by atoms with Gasteiger partial charge in [-0.1, -0.05) is 152 Å². The molecule has 0 rings (SSSR count).